The second-order valence-corrected chi connectivity index (χ2v) is 7.12. The molecule has 0 radical (unpaired) electrons. The molecule has 0 bridgehead atoms. The van der Waals surface area contributed by atoms with Crippen molar-refractivity contribution in [2.45, 2.75) is 23.8 Å². The molecule has 1 aliphatic heterocycles. The number of rotatable bonds is 7. The molecule has 3 aromatic rings. The zero-order valence-electron chi connectivity index (χ0n) is 15.7. The Morgan fingerprint density at radius 2 is 1.24 bits per heavy atom. The molecule has 2 atom stereocenters. The first kappa shape index (κ1) is 19.7. The van der Waals surface area contributed by atoms with E-state index in [-0.39, 0.29) is 18.3 Å². The van der Waals surface area contributed by atoms with E-state index in [2.05, 4.69) is 0 Å². The van der Waals surface area contributed by atoms with Gasteiger partial charge in [0.1, 0.15) is 17.6 Å². The van der Waals surface area contributed by atoms with Crippen molar-refractivity contribution in [1.29, 1.82) is 0 Å². The van der Waals surface area contributed by atoms with Crippen LogP contribution in [-0.4, -0.2) is 25.5 Å². The molecule has 0 aliphatic carbocycles. The van der Waals surface area contributed by atoms with E-state index in [0.717, 1.165) is 0 Å². The fourth-order valence-corrected chi connectivity index (χ4v) is 3.81. The first-order valence-electron chi connectivity index (χ1n) is 9.50. The Morgan fingerprint density at radius 1 is 0.793 bits per heavy atom. The molecular formula is C24H21F3O2. The summed E-state index contributed by atoms with van der Waals surface area (Å²) in [4.78, 5) is 0. The van der Waals surface area contributed by atoms with Crippen LogP contribution in [0.15, 0.2) is 91.0 Å². The fraction of sp³-hybridized carbons (Fsp3) is 0.250. The van der Waals surface area contributed by atoms with Crippen molar-refractivity contribution in [3.8, 4) is 0 Å². The average molecular weight is 398 g/mol. The first-order chi connectivity index (χ1) is 14.0. The lowest BCUT2D eigenvalue weighted by atomic mass is 9.72. The largest absolute Gasteiger partial charge is 0.399 e. The van der Waals surface area contributed by atoms with Crippen LogP contribution in [0.1, 0.15) is 22.6 Å². The van der Waals surface area contributed by atoms with Crippen LogP contribution in [0, 0.1) is 0 Å². The molecule has 3 aromatic carbocycles. The zero-order valence-corrected chi connectivity index (χ0v) is 15.7. The molecule has 1 saturated heterocycles. The maximum atomic E-state index is 14.7. The minimum Gasteiger partial charge on any atom is -0.371 e. The highest BCUT2D eigenvalue weighted by Gasteiger charge is 2.57. The van der Waals surface area contributed by atoms with Gasteiger partial charge >= 0.3 is 6.18 Å². The summed E-state index contributed by atoms with van der Waals surface area (Å²) in [5.41, 5.74) is -0.672. The highest BCUT2D eigenvalue weighted by atomic mass is 19.4. The third kappa shape index (κ3) is 4.07. The Kier molecular flexibility index (Phi) is 5.43. The highest BCUT2D eigenvalue weighted by Crippen LogP contribution is 2.53. The van der Waals surface area contributed by atoms with E-state index < -0.39 is 17.7 Å². The molecule has 0 amide bonds. The van der Waals surface area contributed by atoms with Gasteiger partial charge in [0.2, 0.25) is 0 Å². The van der Waals surface area contributed by atoms with E-state index >= 15 is 0 Å². The van der Waals surface area contributed by atoms with Crippen LogP contribution in [0.4, 0.5) is 13.2 Å². The van der Waals surface area contributed by atoms with Crippen LogP contribution in [0.3, 0.4) is 0 Å². The predicted molar refractivity (Wildman–Crippen MR) is 105 cm³/mol. The summed E-state index contributed by atoms with van der Waals surface area (Å²) in [6.07, 6.45) is -4.72. The second-order valence-electron chi connectivity index (χ2n) is 7.12. The molecule has 4 rings (SSSR count). The van der Waals surface area contributed by atoms with Gasteiger partial charge in [0.05, 0.1) is 13.2 Å². The molecule has 1 aliphatic rings. The average Bonchev–Trinajstić information content (AvgIpc) is 3.57. The quantitative estimate of drug-likeness (QED) is 0.477. The van der Waals surface area contributed by atoms with Gasteiger partial charge in [-0.3, -0.25) is 0 Å². The maximum absolute atomic E-state index is 14.7. The van der Waals surface area contributed by atoms with E-state index in [1.54, 1.807) is 78.9 Å². The van der Waals surface area contributed by atoms with Gasteiger partial charge < -0.3 is 9.47 Å². The van der Waals surface area contributed by atoms with Crippen LogP contribution in [0.5, 0.6) is 0 Å². The van der Waals surface area contributed by atoms with Gasteiger partial charge in [0.25, 0.3) is 0 Å². The first-order valence-corrected chi connectivity index (χ1v) is 9.50. The van der Waals surface area contributed by atoms with E-state index in [1.807, 2.05) is 0 Å². The van der Waals surface area contributed by atoms with Gasteiger partial charge in [-0.15, -0.1) is 0 Å². The number of ether oxygens (including phenoxy) is 2. The lowest BCUT2D eigenvalue weighted by Crippen LogP contribution is -2.45. The topological polar surface area (TPSA) is 21.8 Å². The van der Waals surface area contributed by atoms with Gasteiger partial charge in [-0.2, -0.15) is 13.2 Å². The van der Waals surface area contributed by atoms with Crippen molar-refractivity contribution < 1.29 is 22.6 Å². The number of benzene rings is 3. The van der Waals surface area contributed by atoms with Gasteiger partial charge in [0.15, 0.2) is 0 Å². The van der Waals surface area contributed by atoms with Crippen LogP contribution < -0.4 is 0 Å². The predicted octanol–water partition coefficient (Wildman–Crippen LogP) is 5.69. The molecule has 0 aromatic heterocycles. The van der Waals surface area contributed by atoms with Gasteiger partial charge in [-0.25, -0.2) is 0 Å². The van der Waals surface area contributed by atoms with Gasteiger partial charge in [0, 0.05) is 0 Å². The summed E-state index contributed by atoms with van der Waals surface area (Å²) in [5, 5.41) is 0. The van der Waals surface area contributed by atoms with Crippen molar-refractivity contribution in [3.63, 3.8) is 0 Å². The van der Waals surface area contributed by atoms with Crippen molar-refractivity contribution in [3.05, 3.63) is 108 Å². The lowest BCUT2D eigenvalue weighted by molar-refractivity contribution is -0.203. The van der Waals surface area contributed by atoms with Crippen LogP contribution >= 0.6 is 0 Å². The van der Waals surface area contributed by atoms with Crippen molar-refractivity contribution in [1.82, 2.24) is 0 Å². The molecule has 0 spiro atoms. The Hall–Kier alpha value is -2.63. The van der Waals surface area contributed by atoms with E-state index in [0.29, 0.717) is 17.7 Å². The maximum Gasteiger partial charge on any atom is 0.399 e. The Bertz CT molecular complexity index is 868. The molecule has 1 heterocycles. The molecule has 0 N–H and O–H groups in total. The summed E-state index contributed by atoms with van der Waals surface area (Å²) < 4.78 is 55.6. The van der Waals surface area contributed by atoms with Crippen molar-refractivity contribution in [2.24, 2.45) is 0 Å². The van der Waals surface area contributed by atoms with E-state index in [9.17, 15) is 13.2 Å². The van der Waals surface area contributed by atoms with E-state index in [4.69, 9.17) is 9.47 Å². The summed E-state index contributed by atoms with van der Waals surface area (Å²) in [5.74, 6) is -1.89. The third-order valence-corrected chi connectivity index (χ3v) is 5.17. The SMILES string of the molecule is FC(F)(F)C(c1ccccc1)C(OCC1CO1)(c1ccccc1)c1ccccc1. The smallest absolute Gasteiger partial charge is 0.371 e. The number of alkyl halides is 3. The summed E-state index contributed by atoms with van der Waals surface area (Å²) in [6, 6.07) is 25.3. The third-order valence-electron chi connectivity index (χ3n) is 5.17. The van der Waals surface area contributed by atoms with E-state index in [1.165, 1.54) is 12.1 Å². The standard InChI is InChI=1S/C24H21F3O2/c25-24(26,27)22(18-10-4-1-5-11-18)23(29-17-21-16-28-21,19-12-6-2-7-13-19)20-14-8-3-9-15-20/h1-15,21-22H,16-17H2. The Morgan fingerprint density at radius 3 is 1.66 bits per heavy atom. The Labute approximate surface area is 167 Å². The van der Waals surface area contributed by atoms with Crippen molar-refractivity contribution in [2.75, 3.05) is 13.2 Å². The van der Waals surface area contributed by atoms with Crippen LogP contribution in [0.2, 0.25) is 0 Å². The van der Waals surface area contributed by atoms with Gasteiger partial charge in [-0.1, -0.05) is 91.0 Å². The molecule has 150 valence electrons. The summed E-state index contributed by atoms with van der Waals surface area (Å²) in [7, 11) is 0. The highest BCUT2D eigenvalue weighted by molar-refractivity contribution is 5.43. The molecule has 2 unspecified atom stereocenters. The molecule has 0 saturated carbocycles. The minimum absolute atomic E-state index is 0.0865. The van der Waals surface area contributed by atoms with Crippen LogP contribution in [0.25, 0.3) is 0 Å². The molecule has 29 heavy (non-hydrogen) atoms. The molecule has 5 heteroatoms. The summed E-state index contributed by atoms with van der Waals surface area (Å²) in [6.45, 7) is 0.588. The number of epoxide rings is 1. The Balaban J connectivity index is 1.98. The van der Waals surface area contributed by atoms with Gasteiger partial charge in [-0.05, 0) is 16.7 Å². The molecule has 2 nitrogen and oxygen atoms in total. The molecular weight excluding hydrogens is 377 g/mol. The van der Waals surface area contributed by atoms with Crippen molar-refractivity contribution >= 4 is 0 Å². The monoisotopic (exact) mass is 398 g/mol. The number of hydrogen-bond donors (Lipinski definition) is 0. The minimum atomic E-state index is -4.54. The summed E-state index contributed by atoms with van der Waals surface area (Å²) >= 11 is 0. The fourth-order valence-electron chi connectivity index (χ4n) is 3.81. The van der Waals surface area contributed by atoms with Crippen LogP contribution in [-0.2, 0) is 15.1 Å². The lowest BCUT2D eigenvalue weighted by Gasteiger charge is -2.42. The zero-order chi connectivity index (χ0) is 20.3. The normalized spacial score (nSPS) is 17.7. The number of hydrogen-bond acceptors (Lipinski definition) is 2. The molecule has 1 fully saturated rings. The number of halogens is 3. The second kappa shape index (κ2) is 8.01.